The maximum absolute atomic E-state index is 13.3. The van der Waals surface area contributed by atoms with Crippen LogP contribution in [0.1, 0.15) is 72.7 Å². The fraction of sp³-hybridized carbons (Fsp3) is 0.536. The molecule has 2 atom stereocenters. The third-order valence-electron chi connectivity index (χ3n) is 8.17. The highest BCUT2D eigenvalue weighted by atomic mass is 32.1. The summed E-state index contributed by atoms with van der Waals surface area (Å²) in [5.74, 6) is 0.606. The molecule has 0 radical (unpaired) electrons. The smallest absolute Gasteiger partial charge is 0.306 e. The van der Waals surface area contributed by atoms with Crippen molar-refractivity contribution in [2.24, 2.45) is 23.2 Å². The van der Waals surface area contributed by atoms with Crippen LogP contribution >= 0.6 is 11.3 Å². The SMILES string of the molecule is O=C(C[C@H]1CCc2sc(NC(=O)C3CC34CC4)c(C(=O)NCC3CC3)c2C1)OCc1ccccc1.[HH]. The fourth-order valence-electron chi connectivity index (χ4n) is 5.47. The number of rotatable bonds is 9. The maximum atomic E-state index is 13.3. The van der Waals surface area contributed by atoms with Crippen molar-refractivity contribution in [2.45, 2.75) is 64.4 Å². The van der Waals surface area contributed by atoms with Gasteiger partial charge < -0.3 is 15.4 Å². The predicted octanol–water partition coefficient (Wildman–Crippen LogP) is 5.11. The van der Waals surface area contributed by atoms with E-state index < -0.39 is 0 Å². The average molecular weight is 495 g/mol. The lowest BCUT2D eigenvalue weighted by Gasteiger charge is -2.22. The first kappa shape index (κ1) is 22.8. The Hall–Kier alpha value is -2.67. The minimum atomic E-state index is -0.200. The van der Waals surface area contributed by atoms with Gasteiger partial charge in [0.05, 0.1) is 5.56 Å². The Morgan fingerprint density at radius 1 is 1.09 bits per heavy atom. The van der Waals surface area contributed by atoms with E-state index >= 15 is 0 Å². The van der Waals surface area contributed by atoms with Crippen molar-refractivity contribution in [1.29, 1.82) is 0 Å². The van der Waals surface area contributed by atoms with E-state index in [0.29, 0.717) is 35.9 Å². The number of amides is 2. The zero-order valence-electron chi connectivity index (χ0n) is 19.9. The highest BCUT2D eigenvalue weighted by Gasteiger charge is 2.65. The lowest BCUT2D eigenvalue weighted by atomic mass is 9.84. The van der Waals surface area contributed by atoms with E-state index in [0.717, 1.165) is 43.2 Å². The molecule has 4 aliphatic rings. The molecule has 3 fully saturated rings. The van der Waals surface area contributed by atoms with Gasteiger partial charge >= 0.3 is 5.97 Å². The van der Waals surface area contributed by atoms with Gasteiger partial charge in [0, 0.05) is 25.2 Å². The molecule has 2 amide bonds. The molecule has 1 unspecified atom stereocenters. The molecule has 2 aromatic rings. The minimum Gasteiger partial charge on any atom is -0.461 e. The van der Waals surface area contributed by atoms with Crippen LogP contribution in [0.25, 0.3) is 0 Å². The summed E-state index contributed by atoms with van der Waals surface area (Å²) < 4.78 is 5.51. The van der Waals surface area contributed by atoms with Crippen molar-refractivity contribution in [1.82, 2.24) is 5.32 Å². The van der Waals surface area contributed by atoms with Gasteiger partial charge in [0.25, 0.3) is 5.91 Å². The van der Waals surface area contributed by atoms with Crippen LogP contribution in [0.15, 0.2) is 30.3 Å². The van der Waals surface area contributed by atoms with Gasteiger partial charge in [-0.05, 0) is 79.7 Å². The quantitative estimate of drug-likeness (QED) is 0.475. The van der Waals surface area contributed by atoms with Crippen LogP contribution in [0.3, 0.4) is 0 Å². The number of fused-ring (bicyclic) bond motifs is 1. The zero-order chi connectivity index (χ0) is 24.0. The van der Waals surface area contributed by atoms with E-state index in [-0.39, 0.29) is 43.1 Å². The van der Waals surface area contributed by atoms with Crippen LogP contribution in [0, 0.1) is 23.2 Å². The molecule has 186 valence electrons. The second-order valence-corrected chi connectivity index (χ2v) is 12.0. The normalized spacial score (nSPS) is 23.3. The van der Waals surface area contributed by atoms with Gasteiger partial charge in [-0.1, -0.05) is 30.3 Å². The van der Waals surface area contributed by atoms with Crippen molar-refractivity contribution in [3.05, 3.63) is 51.9 Å². The van der Waals surface area contributed by atoms with Gasteiger partial charge in [-0.25, -0.2) is 0 Å². The Labute approximate surface area is 211 Å². The molecule has 1 aromatic carbocycles. The van der Waals surface area contributed by atoms with Crippen LogP contribution in [-0.2, 0) is 33.8 Å². The summed E-state index contributed by atoms with van der Waals surface area (Å²) in [5.41, 5.74) is 2.90. The summed E-state index contributed by atoms with van der Waals surface area (Å²) in [6.07, 6.45) is 8.36. The molecule has 1 heterocycles. The number of aryl methyl sites for hydroxylation is 1. The van der Waals surface area contributed by atoms with Crippen LogP contribution in [0.2, 0.25) is 0 Å². The maximum Gasteiger partial charge on any atom is 0.306 e. The number of hydrogen-bond donors (Lipinski definition) is 2. The molecule has 2 N–H and O–H groups in total. The van der Waals surface area contributed by atoms with Crippen LogP contribution in [0.5, 0.6) is 0 Å². The Bertz CT molecular complexity index is 1160. The summed E-state index contributed by atoms with van der Waals surface area (Å²) in [6.45, 7) is 0.974. The van der Waals surface area contributed by atoms with Gasteiger partial charge in [0.15, 0.2) is 0 Å². The van der Waals surface area contributed by atoms with Crippen LogP contribution in [-0.4, -0.2) is 24.3 Å². The lowest BCUT2D eigenvalue weighted by molar-refractivity contribution is -0.146. The summed E-state index contributed by atoms with van der Waals surface area (Å²) in [5, 5.41) is 6.93. The molecule has 6 nitrogen and oxygen atoms in total. The standard InChI is InChI=1S/C28H32N2O4S.H2/c31-23(34-16-18-4-2-1-3-5-18)13-19-8-9-22-20(12-19)24(26(33)29-15-17-6-7-17)27(35-22)30-25(32)21-14-28(21)10-11-28;/h1-5,17,19,21H,6-16H2,(H,29,33)(H,30,32);1H/t19-,21?;/m0./s1. The molecule has 3 saturated carbocycles. The van der Waals surface area contributed by atoms with Gasteiger partial charge in [0.1, 0.15) is 11.6 Å². The molecule has 7 heteroatoms. The Morgan fingerprint density at radius 2 is 1.89 bits per heavy atom. The minimum absolute atomic E-state index is 0. The number of carbonyl (C=O) groups is 3. The number of thiophene rings is 1. The monoisotopic (exact) mass is 494 g/mol. The first-order valence-electron chi connectivity index (χ1n) is 12.9. The molecule has 0 bridgehead atoms. The number of nitrogens with one attached hydrogen (secondary N) is 2. The van der Waals surface area contributed by atoms with Crippen molar-refractivity contribution >= 4 is 34.1 Å². The first-order valence-corrected chi connectivity index (χ1v) is 13.8. The molecule has 1 aromatic heterocycles. The molecule has 0 saturated heterocycles. The Kier molecular flexibility index (Phi) is 5.91. The molecule has 1 spiro atoms. The average Bonchev–Trinajstić information content (AvgIpc) is 3.78. The van der Waals surface area contributed by atoms with E-state index in [1.807, 2.05) is 30.3 Å². The summed E-state index contributed by atoms with van der Waals surface area (Å²) >= 11 is 1.55. The molecule has 4 aliphatic carbocycles. The lowest BCUT2D eigenvalue weighted by Crippen LogP contribution is -2.28. The number of hydrogen-bond acceptors (Lipinski definition) is 5. The van der Waals surface area contributed by atoms with Crippen LogP contribution in [0.4, 0.5) is 5.00 Å². The Balaban J connectivity index is 0.00000267. The Morgan fingerprint density at radius 3 is 2.60 bits per heavy atom. The van der Waals surface area contributed by atoms with Gasteiger partial charge in [-0.3, -0.25) is 14.4 Å². The van der Waals surface area contributed by atoms with Crippen molar-refractivity contribution in [3.8, 4) is 0 Å². The van der Waals surface area contributed by atoms with Gasteiger partial charge in [-0.2, -0.15) is 0 Å². The largest absolute Gasteiger partial charge is 0.461 e. The van der Waals surface area contributed by atoms with Gasteiger partial charge in [-0.15, -0.1) is 11.3 Å². The predicted molar refractivity (Wildman–Crippen MR) is 136 cm³/mol. The van der Waals surface area contributed by atoms with E-state index in [1.54, 1.807) is 11.3 Å². The third kappa shape index (κ3) is 5.01. The highest BCUT2D eigenvalue weighted by molar-refractivity contribution is 7.17. The topological polar surface area (TPSA) is 84.5 Å². The number of ether oxygens (including phenoxy) is 1. The number of anilines is 1. The van der Waals surface area contributed by atoms with Crippen molar-refractivity contribution < 1.29 is 20.5 Å². The number of esters is 1. The van der Waals surface area contributed by atoms with E-state index in [2.05, 4.69) is 10.6 Å². The third-order valence-corrected chi connectivity index (χ3v) is 9.38. The highest BCUT2D eigenvalue weighted by Crippen LogP contribution is 2.70. The van der Waals surface area contributed by atoms with E-state index in [1.165, 1.54) is 17.7 Å². The van der Waals surface area contributed by atoms with E-state index in [9.17, 15) is 14.4 Å². The molecule has 0 aliphatic heterocycles. The molecular weight excluding hydrogens is 460 g/mol. The van der Waals surface area contributed by atoms with Crippen LogP contribution < -0.4 is 10.6 Å². The number of benzene rings is 1. The molecule has 35 heavy (non-hydrogen) atoms. The van der Waals surface area contributed by atoms with Gasteiger partial charge in [0.2, 0.25) is 5.91 Å². The zero-order valence-corrected chi connectivity index (χ0v) is 20.8. The molecule has 6 rings (SSSR count). The second-order valence-electron chi connectivity index (χ2n) is 10.9. The second kappa shape index (κ2) is 9.08. The fourth-order valence-corrected chi connectivity index (χ4v) is 6.71. The first-order chi connectivity index (χ1) is 17.0. The summed E-state index contributed by atoms with van der Waals surface area (Å²) in [4.78, 5) is 39.9. The van der Waals surface area contributed by atoms with Crippen molar-refractivity contribution in [3.63, 3.8) is 0 Å². The summed E-state index contributed by atoms with van der Waals surface area (Å²) in [7, 11) is 0. The summed E-state index contributed by atoms with van der Waals surface area (Å²) in [6, 6.07) is 9.70. The van der Waals surface area contributed by atoms with Crippen molar-refractivity contribution in [2.75, 3.05) is 11.9 Å². The van der Waals surface area contributed by atoms with E-state index in [4.69, 9.17) is 4.74 Å². The molecular formula is C28H34N2O4S. The number of carbonyl (C=O) groups excluding carboxylic acids is 3.